The molecule has 0 N–H and O–H groups in total. The lowest BCUT2D eigenvalue weighted by atomic mass is 10.2. The van der Waals surface area contributed by atoms with Gasteiger partial charge in [0.1, 0.15) is 11.0 Å². The predicted octanol–water partition coefficient (Wildman–Crippen LogP) is 4.61. The Bertz CT molecular complexity index is 950. The predicted molar refractivity (Wildman–Crippen MR) is 83.6 cm³/mol. The maximum Gasteiger partial charge on any atom is 0.218 e. The SMILES string of the molecule is N#CC(=Cc1ccc(F)c(F)c1)S(=O)(=O)c1cc(Cl)ccc1Cl. The maximum atomic E-state index is 13.2. The van der Waals surface area contributed by atoms with Crippen molar-refractivity contribution in [2.75, 3.05) is 0 Å². The standard InChI is InChI=1S/C15H7Cl2F2NO2S/c16-10-2-3-12(17)15(7-10)23(21,22)11(8-20)5-9-1-4-13(18)14(19)6-9/h1-7H. The smallest absolute Gasteiger partial charge is 0.218 e. The molecule has 2 rings (SSSR count). The first kappa shape index (κ1) is 17.4. The summed E-state index contributed by atoms with van der Waals surface area (Å²) < 4.78 is 51.1. The Balaban J connectivity index is 2.59. The summed E-state index contributed by atoms with van der Waals surface area (Å²) in [6.07, 6.45) is 0.926. The number of nitrogens with zero attached hydrogens (tertiary/aromatic N) is 1. The Morgan fingerprint density at radius 3 is 2.39 bits per heavy atom. The number of allylic oxidation sites excluding steroid dienone is 1. The molecule has 0 heterocycles. The number of hydrogen-bond acceptors (Lipinski definition) is 3. The fourth-order valence-corrected chi connectivity index (χ4v) is 3.64. The van der Waals surface area contributed by atoms with E-state index in [2.05, 4.69) is 0 Å². The third-order valence-corrected chi connectivity index (χ3v) is 5.21. The minimum absolute atomic E-state index is 0.0159. The molecule has 0 aliphatic carbocycles. The van der Waals surface area contributed by atoms with Gasteiger partial charge >= 0.3 is 0 Å². The average molecular weight is 374 g/mol. The minimum Gasteiger partial charge on any atom is -0.218 e. The van der Waals surface area contributed by atoms with E-state index in [1.54, 1.807) is 0 Å². The van der Waals surface area contributed by atoms with Gasteiger partial charge in [-0.15, -0.1) is 0 Å². The van der Waals surface area contributed by atoms with Crippen LogP contribution in [0, 0.1) is 23.0 Å². The highest BCUT2D eigenvalue weighted by molar-refractivity contribution is 7.95. The third-order valence-electron chi connectivity index (χ3n) is 2.82. The molecule has 0 amide bonds. The molecule has 0 bridgehead atoms. The van der Waals surface area contributed by atoms with Gasteiger partial charge in [0.05, 0.1) is 9.92 Å². The lowest BCUT2D eigenvalue weighted by molar-refractivity contribution is 0.508. The van der Waals surface area contributed by atoms with Crippen LogP contribution >= 0.6 is 23.2 Å². The van der Waals surface area contributed by atoms with Crippen LogP contribution in [0.1, 0.15) is 5.56 Å². The highest BCUT2D eigenvalue weighted by Gasteiger charge is 2.24. The normalized spacial score (nSPS) is 12.0. The fraction of sp³-hybridized carbons (Fsp3) is 0. The van der Waals surface area contributed by atoms with Gasteiger partial charge in [-0.05, 0) is 42.0 Å². The maximum absolute atomic E-state index is 13.2. The van der Waals surface area contributed by atoms with E-state index in [-0.39, 0.29) is 20.5 Å². The summed E-state index contributed by atoms with van der Waals surface area (Å²) in [5.41, 5.74) is 0.0159. The highest BCUT2D eigenvalue weighted by Crippen LogP contribution is 2.30. The summed E-state index contributed by atoms with van der Waals surface area (Å²) in [5.74, 6) is -2.24. The fourth-order valence-electron chi connectivity index (χ4n) is 1.73. The molecule has 0 atom stereocenters. The zero-order valence-electron chi connectivity index (χ0n) is 11.2. The van der Waals surface area contributed by atoms with Crippen molar-refractivity contribution >= 4 is 39.1 Å². The molecular formula is C15H7Cl2F2NO2S. The highest BCUT2D eigenvalue weighted by atomic mass is 35.5. The van der Waals surface area contributed by atoms with Gasteiger partial charge in [0.2, 0.25) is 9.84 Å². The van der Waals surface area contributed by atoms with E-state index >= 15 is 0 Å². The Kier molecular flexibility index (Phi) is 5.05. The van der Waals surface area contributed by atoms with Crippen molar-refractivity contribution in [3.05, 3.63) is 68.5 Å². The molecule has 0 aliphatic rings. The summed E-state index contributed by atoms with van der Waals surface area (Å²) in [5, 5.41) is 9.14. The van der Waals surface area contributed by atoms with E-state index in [1.165, 1.54) is 18.2 Å². The molecule has 0 aromatic heterocycles. The van der Waals surface area contributed by atoms with Crippen molar-refractivity contribution in [3.63, 3.8) is 0 Å². The zero-order chi connectivity index (χ0) is 17.2. The monoisotopic (exact) mass is 373 g/mol. The van der Waals surface area contributed by atoms with Crippen LogP contribution < -0.4 is 0 Å². The molecule has 118 valence electrons. The van der Waals surface area contributed by atoms with Crippen molar-refractivity contribution in [1.29, 1.82) is 5.26 Å². The van der Waals surface area contributed by atoms with Crippen molar-refractivity contribution in [2.24, 2.45) is 0 Å². The molecule has 3 nitrogen and oxygen atoms in total. The van der Waals surface area contributed by atoms with Gasteiger partial charge in [0.15, 0.2) is 11.6 Å². The van der Waals surface area contributed by atoms with E-state index in [4.69, 9.17) is 28.5 Å². The van der Waals surface area contributed by atoms with Crippen LogP contribution in [-0.4, -0.2) is 8.42 Å². The number of rotatable bonds is 3. The molecule has 0 aliphatic heterocycles. The third kappa shape index (κ3) is 3.70. The lowest BCUT2D eigenvalue weighted by Gasteiger charge is -2.06. The molecule has 8 heteroatoms. The molecule has 0 spiro atoms. The van der Waals surface area contributed by atoms with Gasteiger partial charge in [0.25, 0.3) is 0 Å². The molecule has 0 fully saturated rings. The van der Waals surface area contributed by atoms with Crippen molar-refractivity contribution in [2.45, 2.75) is 4.90 Å². The molecule has 0 saturated heterocycles. The van der Waals surface area contributed by atoms with E-state index < -0.39 is 26.4 Å². The Hall–Kier alpha value is -1.94. The molecule has 2 aromatic carbocycles. The Labute approximate surface area is 141 Å². The first-order valence-corrected chi connectivity index (χ1v) is 8.26. The van der Waals surface area contributed by atoms with Gasteiger partial charge in [-0.1, -0.05) is 29.3 Å². The topological polar surface area (TPSA) is 57.9 Å². The summed E-state index contributed by atoms with van der Waals surface area (Å²) in [7, 11) is -4.26. The number of hydrogen-bond donors (Lipinski definition) is 0. The molecule has 23 heavy (non-hydrogen) atoms. The minimum atomic E-state index is -4.26. The lowest BCUT2D eigenvalue weighted by Crippen LogP contribution is -2.04. The van der Waals surface area contributed by atoms with E-state index in [0.29, 0.717) is 0 Å². The molecule has 0 radical (unpaired) electrons. The van der Waals surface area contributed by atoms with E-state index in [1.807, 2.05) is 0 Å². The van der Waals surface area contributed by atoms with Crippen LogP contribution in [0.2, 0.25) is 10.0 Å². The van der Waals surface area contributed by atoms with Crippen LogP contribution in [0.15, 0.2) is 46.2 Å². The Morgan fingerprint density at radius 1 is 1.09 bits per heavy atom. The first-order valence-electron chi connectivity index (χ1n) is 6.02. The molecule has 0 unspecified atom stereocenters. The first-order chi connectivity index (χ1) is 10.8. The summed E-state index contributed by atoms with van der Waals surface area (Å²) in [6, 6.07) is 8.06. The second-order valence-electron chi connectivity index (χ2n) is 4.37. The summed E-state index contributed by atoms with van der Waals surface area (Å²) in [6.45, 7) is 0. The zero-order valence-corrected chi connectivity index (χ0v) is 13.6. The van der Waals surface area contributed by atoms with Gasteiger partial charge in [-0.3, -0.25) is 0 Å². The van der Waals surface area contributed by atoms with Crippen LogP contribution in [0.5, 0.6) is 0 Å². The number of sulfone groups is 1. The summed E-state index contributed by atoms with van der Waals surface area (Å²) >= 11 is 11.6. The van der Waals surface area contributed by atoms with Crippen LogP contribution in [-0.2, 0) is 9.84 Å². The molecular weight excluding hydrogens is 367 g/mol. The number of nitriles is 1. The molecule has 2 aromatic rings. The van der Waals surface area contributed by atoms with Crippen LogP contribution in [0.25, 0.3) is 6.08 Å². The van der Waals surface area contributed by atoms with Gasteiger partial charge in [0, 0.05) is 5.02 Å². The van der Waals surface area contributed by atoms with Crippen molar-refractivity contribution in [3.8, 4) is 6.07 Å². The van der Waals surface area contributed by atoms with Gasteiger partial charge in [-0.25, -0.2) is 17.2 Å². The number of halogens is 4. The van der Waals surface area contributed by atoms with Gasteiger partial charge in [-0.2, -0.15) is 5.26 Å². The van der Waals surface area contributed by atoms with Gasteiger partial charge < -0.3 is 0 Å². The average Bonchev–Trinajstić information content (AvgIpc) is 2.50. The van der Waals surface area contributed by atoms with E-state index in [9.17, 15) is 17.2 Å². The van der Waals surface area contributed by atoms with Crippen molar-refractivity contribution in [1.82, 2.24) is 0 Å². The molecule has 0 saturated carbocycles. The van der Waals surface area contributed by atoms with Crippen LogP contribution in [0.3, 0.4) is 0 Å². The largest absolute Gasteiger partial charge is 0.218 e. The van der Waals surface area contributed by atoms with Crippen LogP contribution in [0.4, 0.5) is 8.78 Å². The second kappa shape index (κ2) is 6.67. The quantitative estimate of drug-likeness (QED) is 0.738. The van der Waals surface area contributed by atoms with Crippen molar-refractivity contribution < 1.29 is 17.2 Å². The van der Waals surface area contributed by atoms with E-state index in [0.717, 1.165) is 30.3 Å². The number of benzene rings is 2. The second-order valence-corrected chi connectivity index (χ2v) is 7.10. The Morgan fingerprint density at radius 2 is 1.78 bits per heavy atom. The summed E-state index contributed by atoms with van der Waals surface area (Å²) in [4.78, 5) is -1.02.